The largest absolute Gasteiger partial charge is 1.00 e. The minimum absolute atomic E-state index is 0. The molecule has 0 radical (unpaired) electrons. The second kappa shape index (κ2) is 36.0. The Labute approximate surface area is 129 Å². The molecule has 0 saturated heterocycles. The summed E-state index contributed by atoms with van der Waals surface area (Å²) in [5.74, 6) is 0. The first-order valence-electron chi connectivity index (χ1n) is 4.85. The first kappa shape index (κ1) is 36.0. The summed E-state index contributed by atoms with van der Waals surface area (Å²) in [7, 11) is -0.139. The Morgan fingerprint density at radius 1 is 0.750 bits per heavy atom. The van der Waals surface area contributed by atoms with Gasteiger partial charge in [0.05, 0.1) is 0 Å². The molecule has 0 unspecified atom stereocenters. The van der Waals surface area contributed by atoms with Crippen LogP contribution in [0.15, 0.2) is 0 Å². The minimum atomic E-state index is -0.417. The standard InChI is InChI=1S/2C3H7O.C3H10Si.C2H2.2Li/c2*1-3(2)4;1-4(2)3;1-2;;/h2*3H,1-2H3;4H,1-3H3;1-2H;;/q2*-1;;;2*+1. The van der Waals surface area contributed by atoms with E-state index in [1.54, 1.807) is 27.7 Å². The summed E-state index contributed by atoms with van der Waals surface area (Å²) in [6.07, 6.45) is 7.17. The van der Waals surface area contributed by atoms with Crippen LogP contribution in [-0.4, -0.2) is 21.0 Å². The Balaban J connectivity index is -0.0000000205. The molecule has 0 spiro atoms. The average molecular weight is 232 g/mol. The van der Waals surface area contributed by atoms with Gasteiger partial charge < -0.3 is 10.2 Å². The Morgan fingerprint density at radius 2 is 0.750 bits per heavy atom. The summed E-state index contributed by atoms with van der Waals surface area (Å²) in [5.41, 5.74) is 0. The van der Waals surface area contributed by atoms with Crippen LogP contribution in [0.4, 0.5) is 0 Å². The van der Waals surface area contributed by atoms with Crippen LogP contribution in [-0.2, 0) is 0 Å². The van der Waals surface area contributed by atoms with Gasteiger partial charge >= 0.3 is 37.7 Å². The zero-order chi connectivity index (χ0) is 12.7. The third kappa shape index (κ3) is 3610. The fourth-order valence-corrected chi connectivity index (χ4v) is 0. The third-order valence-corrected chi connectivity index (χ3v) is 0. The molecule has 0 amide bonds. The Bertz CT molecular complexity index is 74.7. The molecule has 0 heterocycles. The number of terminal acetylenes is 1. The molecule has 0 aromatic carbocycles. The molecule has 0 aromatic rings. The van der Waals surface area contributed by atoms with Gasteiger partial charge in [0.2, 0.25) is 0 Å². The van der Waals surface area contributed by atoms with Crippen molar-refractivity contribution in [1.82, 2.24) is 0 Å². The second-order valence-electron chi connectivity index (χ2n) is 3.83. The fraction of sp³-hybridized carbons (Fsp3) is 0.818. The molecule has 0 aliphatic heterocycles. The minimum Gasteiger partial charge on any atom is -0.852 e. The molecule has 0 rings (SSSR count). The van der Waals surface area contributed by atoms with E-state index in [1.165, 1.54) is 0 Å². The first-order chi connectivity index (χ1) is 6.20. The molecule has 0 aliphatic carbocycles. The molecule has 0 aliphatic rings. The van der Waals surface area contributed by atoms with Gasteiger partial charge in [-0.05, 0) is 0 Å². The van der Waals surface area contributed by atoms with Gasteiger partial charge in [0.25, 0.3) is 0 Å². The quantitative estimate of drug-likeness (QED) is 0.310. The maximum Gasteiger partial charge on any atom is 1.00 e. The molecular formula is C11H26Li2O2Si. The smallest absolute Gasteiger partial charge is 0.852 e. The predicted molar refractivity (Wildman–Crippen MR) is 64.9 cm³/mol. The molecule has 16 heavy (non-hydrogen) atoms. The maximum atomic E-state index is 9.53. The van der Waals surface area contributed by atoms with Gasteiger partial charge in [-0.1, -0.05) is 47.3 Å². The summed E-state index contributed by atoms with van der Waals surface area (Å²) < 4.78 is 0. The predicted octanol–water partition coefficient (Wildman–Crippen LogP) is -5.13. The Kier molecular flexibility index (Phi) is 81.0. The van der Waals surface area contributed by atoms with Crippen LogP contribution < -0.4 is 47.9 Å². The van der Waals surface area contributed by atoms with Crippen LogP contribution in [0.5, 0.6) is 0 Å². The molecule has 2 nitrogen and oxygen atoms in total. The van der Waals surface area contributed by atoms with Crippen molar-refractivity contribution in [1.29, 1.82) is 0 Å². The number of hydrogen-bond donors (Lipinski definition) is 0. The molecule has 0 aromatic heterocycles. The van der Waals surface area contributed by atoms with Crippen molar-refractivity contribution in [2.45, 2.75) is 59.5 Å². The molecule has 5 heteroatoms. The van der Waals surface area contributed by atoms with E-state index >= 15 is 0 Å². The molecule has 0 bridgehead atoms. The van der Waals surface area contributed by atoms with Gasteiger partial charge in [-0.2, -0.15) is 0 Å². The van der Waals surface area contributed by atoms with Crippen LogP contribution in [0, 0.1) is 12.8 Å². The van der Waals surface area contributed by atoms with Gasteiger partial charge in [0, 0.05) is 8.80 Å². The topological polar surface area (TPSA) is 46.1 Å². The fourth-order valence-electron chi connectivity index (χ4n) is 0. The third-order valence-electron chi connectivity index (χ3n) is 0. The number of rotatable bonds is 0. The van der Waals surface area contributed by atoms with Gasteiger partial charge in [0.1, 0.15) is 0 Å². The molecule has 0 saturated carbocycles. The van der Waals surface area contributed by atoms with E-state index in [0.717, 1.165) is 0 Å². The van der Waals surface area contributed by atoms with Crippen LogP contribution >= 0.6 is 0 Å². The van der Waals surface area contributed by atoms with Crippen molar-refractivity contribution in [3.05, 3.63) is 0 Å². The number of hydrogen-bond acceptors (Lipinski definition) is 2. The maximum absolute atomic E-state index is 9.53. The van der Waals surface area contributed by atoms with E-state index in [1.807, 2.05) is 0 Å². The van der Waals surface area contributed by atoms with Crippen LogP contribution in [0.25, 0.3) is 0 Å². The summed E-state index contributed by atoms with van der Waals surface area (Å²) in [6.45, 7) is 13.4. The zero-order valence-electron chi connectivity index (χ0n) is 12.7. The van der Waals surface area contributed by atoms with E-state index in [4.69, 9.17) is 0 Å². The monoisotopic (exact) mass is 232 g/mol. The molecule has 88 valence electrons. The average Bonchev–Trinajstić information content (AvgIpc) is 1.86. The van der Waals surface area contributed by atoms with Crippen molar-refractivity contribution in [3.63, 3.8) is 0 Å². The molecule has 0 N–H and O–H groups in total. The van der Waals surface area contributed by atoms with Gasteiger partial charge in [-0.3, -0.25) is 0 Å². The van der Waals surface area contributed by atoms with E-state index < -0.39 is 12.2 Å². The van der Waals surface area contributed by atoms with E-state index in [-0.39, 0.29) is 46.5 Å². The summed E-state index contributed by atoms with van der Waals surface area (Å²) in [6, 6.07) is 0. The SMILES string of the molecule is C#C.CC(C)[O-].CC(C)[O-].C[SiH](C)C.[Li+].[Li+]. The van der Waals surface area contributed by atoms with Crippen molar-refractivity contribution < 1.29 is 47.9 Å². The molecule has 0 atom stereocenters. The van der Waals surface area contributed by atoms with E-state index in [2.05, 4.69) is 32.5 Å². The Morgan fingerprint density at radius 3 is 0.750 bits per heavy atom. The van der Waals surface area contributed by atoms with Gasteiger partial charge in [0.15, 0.2) is 0 Å². The van der Waals surface area contributed by atoms with Crippen molar-refractivity contribution in [2.24, 2.45) is 0 Å². The van der Waals surface area contributed by atoms with Crippen molar-refractivity contribution in [3.8, 4) is 12.8 Å². The summed E-state index contributed by atoms with van der Waals surface area (Å²) in [5, 5.41) is 19.1. The van der Waals surface area contributed by atoms with E-state index in [0.29, 0.717) is 0 Å². The summed E-state index contributed by atoms with van der Waals surface area (Å²) >= 11 is 0. The zero-order valence-corrected chi connectivity index (χ0v) is 13.9. The van der Waals surface area contributed by atoms with E-state index in [9.17, 15) is 10.2 Å². The normalized spacial score (nSPS) is 6.88. The summed E-state index contributed by atoms with van der Waals surface area (Å²) in [4.78, 5) is 0. The first-order valence-corrected chi connectivity index (χ1v) is 8.31. The van der Waals surface area contributed by atoms with Crippen molar-refractivity contribution >= 4 is 8.80 Å². The van der Waals surface area contributed by atoms with Crippen molar-refractivity contribution in [2.75, 3.05) is 0 Å². The van der Waals surface area contributed by atoms with Crippen LogP contribution in [0.1, 0.15) is 27.7 Å². The van der Waals surface area contributed by atoms with Gasteiger partial charge in [-0.15, -0.1) is 25.1 Å². The molecule has 0 fully saturated rings. The Hall–Kier alpha value is 0.892. The van der Waals surface area contributed by atoms with Crippen LogP contribution in [0.2, 0.25) is 19.6 Å². The van der Waals surface area contributed by atoms with Gasteiger partial charge in [-0.25, -0.2) is 0 Å². The molecular weight excluding hydrogens is 206 g/mol. The second-order valence-corrected chi connectivity index (χ2v) is 7.29. The van der Waals surface area contributed by atoms with Crippen LogP contribution in [0.3, 0.4) is 0 Å².